The fourth-order valence-electron chi connectivity index (χ4n) is 0.722. The van der Waals surface area contributed by atoms with Gasteiger partial charge in [0.2, 0.25) is 6.29 Å². The molecule has 0 aromatic rings. The first kappa shape index (κ1) is 12.3. The van der Waals surface area contributed by atoms with Gasteiger partial charge in [0.15, 0.2) is 0 Å². The standard InChI is InChI=1S/C8H16O5/c1-6(10)8(12)13-7(11)4-2-3-5-9/h6-7,9-11H,2-5H2,1H3. The summed E-state index contributed by atoms with van der Waals surface area (Å²) in [6, 6.07) is 0. The lowest BCUT2D eigenvalue weighted by molar-refractivity contribution is -0.177. The van der Waals surface area contributed by atoms with Crippen molar-refractivity contribution in [2.24, 2.45) is 0 Å². The van der Waals surface area contributed by atoms with E-state index in [1.54, 1.807) is 0 Å². The second kappa shape index (κ2) is 6.82. The van der Waals surface area contributed by atoms with Gasteiger partial charge in [-0.2, -0.15) is 0 Å². The van der Waals surface area contributed by atoms with E-state index in [1.807, 2.05) is 0 Å². The Morgan fingerprint density at radius 3 is 2.46 bits per heavy atom. The molecule has 0 rings (SSSR count). The maximum Gasteiger partial charge on any atom is 0.336 e. The zero-order valence-electron chi connectivity index (χ0n) is 7.64. The molecule has 0 aliphatic carbocycles. The molecule has 0 radical (unpaired) electrons. The van der Waals surface area contributed by atoms with E-state index >= 15 is 0 Å². The smallest absolute Gasteiger partial charge is 0.336 e. The molecule has 0 fully saturated rings. The molecule has 0 amide bonds. The third-order valence-electron chi connectivity index (χ3n) is 1.45. The van der Waals surface area contributed by atoms with E-state index in [4.69, 9.17) is 15.3 Å². The van der Waals surface area contributed by atoms with Crippen LogP contribution in [0.3, 0.4) is 0 Å². The first-order chi connectivity index (χ1) is 6.07. The molecular weight excluding hydrogens is 176 g/mol. The number of esters is 1. The molecule has 0 bridgehead atoms. The van der Waals surface area contributed by atoms with Crippen LogP contribution in [-0.4, -0.2) is 40.3 Å². The molecule has 5 heteroatoms. The molecule has 13 heavy (non-hydrogen) atoms. The number of aliphatic hydroxyl groups is 3. The number of unbranched alkanes of at least 4 members (excludes halogenated alkanes) is 1. The van der Waals surface area contributed by atoms with Crippen molar-refractivity contribution in [1.29, 1.82) is 0 Å². The van der Waals surface area contributed by atoms with Gasteiger partial charge in [-0.1, -0.05) is 0 Å². The van der Waals surface area contributed by atoms with Crippen molar-refractivity contribution in [3.8, 4) is 0 Å². The Hall–Kier alpha value is -0.650. The molecule has 0 saturated heterocycles. The average molecular weight is 192 g/mol. The van der Waals surface area contributed by atoms with Crippen LogP contribution < -0.4 is 0 Å². The van der Waals surface area contributed by atoms with Crippen LogP contribution in [-0.2, 0) is 9.53 Å². The molecule has 5 nitrogen and oxygen atoms in total. The maximum atomic E-state index is 10.7. The lowest BCUT2D eigenvalue weighted by Gasteiger charge is -2.12. The second-order valence-electron chi connectivity index (χ2n) is 2.79. The van der Waals surface area contributed by atoms with Crippen LogP contribution >= 0.6 is 0 Å². The number of hydrogen-bond acceptors (Lipinski definition) is 5. The predicted molar refractivity (Wildman–Crippen MR) is 44.7 cm³/mol. The summed E-state index contributed by atoms with van der Waals surface area (Å²) < 4.78 is 4.44. The highest BCUT2D eigenvalue weighted by molar-refractivity contribution is 5.73. The van der Waals surface area contributed by atoms with E-state index in [0.29, 0.717) is 12.8 Å². The largest absolute Gasteiger partial charge is 0.434 e. The first-order valence-electron chi connectivity index (χ1n) is 4.25. The number of carbonyl (C=O) groups excluding carboxylic acids is 1. The maximum absolute atomic E-state index is 10.7. The van der Waals surface area contributed by atoms with Crippen LogP contribution in [0.2, 0.25) is 0 Å². The van der Waals surface area contributed by atoms with Gasteiger partial charge in [0.25, 0.3) is 0 Å². The monoisotopic (exact) mass is 192 g/mol. The fourth-order valence-corrected chi connectivity index (χ4v) is 0.722. The predicted octanol–water partition coefficient (Wildman–Crippen LogP) is -0.609. The Bertz CT molecular complexity index is 145. The summed E-state index contributed by atoms with van der Waals surface area (Å²) in [5, 5.41) is 26.2. The van der Waals surface area contributed by atoms with Crippen LogP contribution in [0.25, 0.3) is 0 Å². The van der Waals surface area contributed by atoms with Gasteiger partial charge >= 0.3 is 5.97 Å². The molecule has 0 heterocycles. The molecule has 0 aliphatic rings. The van der Waals surface area contributed by atoms with Crippen molar-refractivity contribution in [2.45, 2.75) is 38.6 Å². The zero-order valence-corrected chi connectivity index (χ0v) is 7.64. The summed E-state index contributed by atoms with van der Waals surface area (Å²) in [6.07, 6.45) is -0.992. The van der Waals surface area contributed by atoms with Gasteiger partial charge in [-0.3, -0.25) is 0 Å². The van der Waals surface area contributed by atoms with E-state index in [9.17, 15) is 4.79 Å². The number of ether oxygens (including phenoxy) is 1. The zero-order chi connectivity index (χ0) is 10.3. The minimum Gasteiger partial charge on any atom is -0.434 e. The average Bonchev–Trinajstić information content (AvgIpc) is 2.04. The highest BCUT2D eigenvalue weighted by Crippen LogP contribution is 2.03. The SMILES string of the molecule is CC(O)C(=O)OC(O)CCCCO. The lowest BCUT2D eigenvalue weighted by Crippen LogP contribution is -2.25. The van der Waals surface area contributed by atoms with E-state index in [-0.39, 0.29) is 13.0 Å². The molecule has 0 saturated carbocycles. The Labute approximate surface area is 77.0 Å². The molecule has 2 unspecified atom stereocenters. The minimum absolute atomic E-state index is 0.0526. The van der Waals surface area contributed by atoms with Gasteiger partial charge in [-0.15, -0.1) is 0 Å². The van der Waals surface area contributed by atoms with Gasteiger partial charge in [0.1, 0.15) is 6.10 Å². The Kier molecular flexibility index (Phi) is 6.48. The van der Waals surface area contributed by atoms with Crippen LogP contribution in [0.5, 0.6) is 0 Å². The van der Waals surface area contributed by atoms with E-state index < -0.39 is 18.4 Å². The van der Waals surface area contributed by atoms with Crippen molar-refractivity contribution in [3.05, 3.63) is 0 Å². The topological polar surface area (TPSA) is 87.0 Å². The van der Waals surface area contributed by atoms with Crippen LogP contribution in [0.1, 0.15) is 26.2 Å². The molecule has 78 valence electrons. The van der Waals surface area contributed by atoms with Crippen LogP contribution in [0, 0.1) is 0 Å². The fraction of sp³-hybridized carbons (Fsp3) is 0.875. The van der Waals surface area contributed by atoms with Crippen molar-refractivity contribution in [3.63, 3.8) is 0 Å². The van der Waals surface area contributed by atoms with Gasteiger partial charge in [0.05, 0.1) is 0 Å². The Morgan fingerprint density at radius 1 is 1.38 bits per heavy atom. The van der Waals surface area contributed by atoms with Crippen molar-refractivity contribution >= 4 is 5.97 Å². The summed E-state index contributed by atoms with van der Waals surface area (Å²) in [7, 11) is 0. The van der Waals surface area contributed by atoms with E-state index in [1.165, 1.54) is 6.92 Å². The number of rotatable bonds is 6. The molecular formula is C8H16O5. The first-order valence-corrected chi connectivity index (χ1v) is 4.25. The van der Waals surface area contributed by atoms with Gasteiger partial charge in [0, 0.05) is 13.0 Å². The Balaban J connectivity index is 3.50. The highest BCUT2D eigenvalue weighted by atomic mass is 16.6. The van der Waals surface area contributed by atoms with Crippen molar-refractivity contribution < 1.29 is 24.9 Å². The third kappa shape index (κ3) is 6.51. The number of carbonyl (C=O) groups is 1. The van der Waals surface area contributed by atoms with E-state index in [2.05, 4.69) is 4.74 Å². The summed E-state index contributed by atoms with van der Waals surface area (Å²) in [6.45, 7) is 1.32. The number of aliphatic hydroxyl groups excluding tert-OH is 3. The van der Waals surface area contributed by atoms with Gasteiger partial charge in [-0.25, -0.2) is 4.79 Å². The highest BCUT2D eigenvalue weighted by Gasteiger charge is 2.14. The lowest BCUT2D eigenvalue weighted by atomic mass is 10.2. The molecule has 0 aliphatic heterocycles. The minimum atomic E-state index is -1.22. The number of hydrogen-bond donors (Lipinski definition) is 3. The molecule has 2 atom stereocenters. The Morgan fingerprint density at radius 2 is 2.00 bits per heavy atom. The van der Waals surface area contributed by atoms with Crippen molar-refractivity contribution in [2.75, 3.05) is 6.61 Å². The summed E-state index contributed by atoms with van der Waals surface area (Å²) in [4.78, 5) is 10.7. The van der Waals surface area contributed by atoms with E-state index in [0.717, 1.165) is 0 Å². The van der Waals surface area contributed by atoms with Crippen molar-refractivity contribution in [1.82, 2.24) is 0 Å². The quantitative estimate of drug-likeness (QED) is 0.297. The summed E-state index contributed by atoms with van der Waals surface area (Å²) in [5.41, 5.74) is 0. The molecule has 0 aromatic heterocycles. The molecule has 0 spiro atoms. The normalized spacial score (nSPS) is 15.1. The van der Waals surface area contributed by atoms with Gasteiger partial charge in [-0.05, 0) is 19.8 Å². The van der Waals surface area contributed by atoms with Gasteiger partial charge < -0.3 is 20.1 Å². The van der Waals surface area contributed by atoms with Crippen LogP contribution in [0.4, 0.5) is 0 Å². The summed E-state index contributed by atoms with van der Waals surface area (Å²) in [5.74, 6) is -0.837. The third-order valence-corrected chi connectivity index (χ3v) is 1.45. The van der Waals surface area contributed by atoms with Crippen LogP contribution in [0.15, 0.2) is 0 Å². The molecule has 3 N–H and O–H groups in total. The second-order valence-corrected chi connectivity index (χ2v) is 2.79. The molecule has 0 aromatic carbocycles. The summed E-state index contributed by atoms with van der Waals surface area (Å²) >= 11 is 0.